The third kappa shape index (κ3) is 5.20. The molecule has 30 heavy (non-hydrogen) atoms. The maximum Gasteiger partial charge on any atom is 0.322 e. The summed E-state index contributed by atoms with van der Waals surface area (Å²) in [5, 5.41) is 19.0. The van der Waals surface area contributed by atoms with Gasteiger partial charge in [0.25, 0.3) is 0 Å². The number of nitrogens with one attached hydrogen (secondary N) is 2. The number of anilines is 1. The highest BCUT2D eigenvalue weighted by Crippen LogP contribution is 2.37. The van der Waals surface area contributed by atoms with Crippen LogP contribution in [0.5, 0.6) is 0 Å². The Balaban J connectivity index is 0.000000275. The Hall–Kier alpha value is -2.84. The average Bonchev–Trinajstić information content (AvgIpc) is 3.43. The lowest BCUT2D eigenvalue weighted by Crippen LogP contribution is -2.26. The second kappa shape index (κ2) is 9.77. The lowest BCUT2D eigenvalue weighted by Gasteiger charge is -2.19. The Morgan fingerprint density at radius 3 is 2.57 bits per heavy atom. The van der Waals surface area contributed by atoms with E-state index in [-0.39, 0.29) is 12.5 Å². The first-order valence-electron chi connectivity index (χ1n) is 9.36. The highest BCUT2D eigenvalue weighted by Gasteiger charge is 2.18. The first kappa shape index (κ1) is 21.9. The van der Waals surface area contributed by atoms with Gasteiger partial charge in [0, 0.05) is 37.2 Å². The fraction of sp³-hybridized carbons (Fsp3) is 0.300. The molecule has 3 N–H and O–H groups in total. The molecule has 1 aromatic carbocycles. The molecule has 0 radical (unpaired) electrons. The summed E-state index contributed by atoms with van der Waals surface area (Å²) in [6.45, 7) is 3.03. The van der Waals surface area contributed by atoms with E-state index in [2.05, 4.69) is 26.5 Å². The third-order valence-electron chi connectivity index (χ3n) is 4.59. The lowest BCUT2D eigenvalue weighted by atomic mass is 10.0. The van der Waals surface area contributed by atoms with E-state index in [9.17, 15) is 9.59 Å². The number of hydrogen-bond acceptors (Lipinski definition) is 5. The molecule has 4 rings (SSSR count). The first-order valence-corrected chi connectivity index (χ1v) is 10.1. The van der Waals surface area contributed by atoms with Crippen molar-refractivity contribution in [3.63, 3.8) is 0 Å². The van der Waals surface area contributed by atoms with Crippen molar-refractivity contribution in [2.75, 3.05) is 24.5 Å². The number of hydrogen-bond donors (Lipinski definition) is 3. The second-order valence-corrected chi connectivity index (χ2v) is 7.56. The van der Waals surface area contributed by atoms with Crippen molar-refractivity contribution in [2.45, 2.75) is 19.8 Å². The summed E-state index contributed by atoms with van der Waals surface area (Å²) in [4.78, 5) is 26.7. The van der Waals surface area contributed by atoms with Gasteiger partial charge >= 0.3 is 5.97 Å². The number of H-pyrrole nitrogens is 1. The molecular formula is C20H21Cl2N5O3. The van der Waals surface area contributed by atoms with Crippen LogP contribution >= 0.6 is 23.2 Å². The minimum Gasteiger partial charge on any atom is -0.480 e. The standard InChI is InChI=1S/C16H14Cl2N4.C4H7NO3/c17-13-4-3-11-12(10-8-19-20-9-10)7-14(21-16(11)15(13)18)22-5-1-2-6-22;1-3(6)5-2-4(7)8/h3-4,7-9H,1-2,5-6H2,(H,19,20);2H2,1H3,(H,5,6)(H,7,8). The van der Waals surface area contributed by atoms with Crippen LogP contribution in [0, 0.1) is 0 Å². The minimum atomic E-state index is -1.03. The van der Waals surface area contributed by atoms with Crippen molar-refractivity contribution >= 4 is 51.8 Å². The van der Waals surface area contributed by atoms with Crippen LogP contribution in [0.15, 0.2) is 30.6 Å². The molecule has 1 aliphatic rings. The molecule has 158 valence electrons. The molecule has 1 fully saturated rings. The summed E-state index contributed by atoms with van der Waals surface area (Å²) in [7, 11) is 0. The van der Waals surface area contributed by atoms with Gasteiger partial charge in [-0.15, -0.1) is 0 Å². The largest absolute Gasteiger partial charge is 0.480 e. The van der Waals surface area contributed by atoms with Gasteiger partial charge in [0.2, 0.25) is 5.91 Å². The van der Waals surface area contributed by atoms with Crippen LogP contribution in [-0.4, -0.2) is 51.8 Å². The van der Waals surface area contributed by atoms with E-state index in [1.165, 1.54) is 19.8 Å². The molecule has 1 aliphatic heterocycles. The molecule has 0 bridgehead atoms. The summed E-state index contributed by atoms with van der Waals surface area (Å²) in [5.74, 6) is -0.405. The number of halogens is 2. The van der Waals surface area contributed by atoms with Crippen molar-refractivity contribution < 1.29 is 14.7 Å². The molecule has 0 spiro atoms. The van der Waals surface area contributed by atoms with Crippen molar-refractivity contribution in [1.29, 1.82) is 0 Å². The molecule has 8 nitrogen and oxygen atoms in total. The Morgan fingerprint density at radius 2 is 2.00 bits per heavy atom. The molecule has 1 amide bonds. The van der Waals surface area contributed by atoms with Crippen LogP contribution in [0.25, 0.3) is 22.0 Å². The number of nitrogens with zero attached hydrogens (tertiary/aromatic N) is 3. The molecule has 0 atom stereocenters. The molecule has 2 aromatic heterocycles. The van der Waals surface area contributed by atoms with Crippen LogP contribution in [-0.2, 0) is 9.59 Å². The van der Waals surface area contributed by atoms with Gasteiger partial charge in [-0.3, -0.25) is 14.7 Å². The van der Waals surface area contributed by atoms with E-state index in [0.29, 0.717) is 10.0 Å². The number of amides is 1. The van der Waals surface area contributed by atoms with Gasteiger partial charge in [0.05, 0.1) is 21.8 Å². The number of rotatable bonds is 4. The van der Waals surface area contributed by atoms with Crippen molar-refractivity contribution in [3.8, 4) is 11.1 Å². The van der Waals surface area contributed by atoms with Gasteiger partial charge in [-0.25, -0.2) is 4.98 Å². The smallest absolute Gasteiger partial charge is 0.322 e. The number of aromatic amines is 1. The number of carbonyl (C=O) groups excluding carboxylic acids is 1. The molecule has 10 heteroatoms. The normalized spacial score (nSPS) is 13.1. The molecule has 0 aliphatic carbocycles. The van der Waals surface area contributed by atoms with Crippen molar-refractivity contribution in [2.24, 2.45) is 0 Å². The van der Waals surface area contributed by atoms with E-state index in [1.54, 1.807) is 0 Å². The van der Waals surface area contributed by atoms with Gasteiger partial charge < -0.3 is 15.3 Å². The quantitative estimate of drug-likeness (QED) is 0.559. The maximum absolute atomic E-state index is 9.97. The number of aromatic nitrogens is 3. The van der Waals surface area contributed by atoms with Crippen LogP contribution in [0.4, 0.5) is 5.82 Å². The van der Waals surface area contributed by atoms with Crippen LogP contribution in [0.1, 0.15) is 19.8 Å². The number of aliphatic carboxylic acids is 1. The zero-order valence-corrected chi connectivity index (χ0v) is 17.8. The molecular weight excluding hydrogens is 429 g/mol. The molecule has 1 saturated heterocycles. The number of pyridine rings is 1. The predicted octanol–water partition coefficient (Wildman–Crippen LogP) is 3.74. The van der Waals surface area contributed by atoms with Gasteiger partial charge in [0.15, 0.2) is 0 Å². The fourth-order valence-corrected chi connectivity index (χ4v) is 3.53. The van der Waals surface area contributed by atoms with Crippen LogP contribution in [0.3, 0.4) is 0 Å². The monoisotopic (exact) mass is 449 g/mol. The Labute approximate surface area is 183 Å². The second-order valence-electron chi connectivity index (χ2n) is 6.77. The first-order chi connectivity index (χ1) is 14.4. The van der Waals surface area contributed by atoms with Gasteiger partial charge in [-0.2, -0.15) is 5.10 Å². The van der Waals surface area contributed by atoms with E-state index < -0.39 is 5.97 Å². The van der Waals surface area contributed by atoms with Crippen molar-refractivity contribution in [3.05, 3.63) is 40.6 Å². The molecule has 3 heterocycles. The predicted molar refractivity (Wildman–Crippen MR) is 117 cm³/mol. The highest BCUT2D eigenvalue weighted by molar-refractivity contribution is 6.45. The Bertz CT molecular complexity index is 1040. The van der Waals surface area contributed by atoms with E-state index in [4.69, 9.17) is 33.3 Å². The number of carboxylic acid groups (broad SMARTS) is 1. The molecule has 3 aromatic rings. The number of benzene rings is 1. The molecule has 0 unspecified atom stereocenters. The number of fused-ring (bicyclic) bond motifs is 1. The maximum atomic E-state index is 9.97. The Kier molecular flexibility index (Phi) is 7.12. The van der Waals surface area contributed by atoms with Gasteiger partial charge in [-0.05, 0) is 30.5 Å². The van der Waals surface area contributed by atoms with Gasteiger partial charge in [0.1, 0.15) is 12.4 Å². The van der Waals surface area contributed by atoms with E-state index in [0.717, 1.165) is 40.9 Å². The Morgan fingerprint density at radius 1 is 1.27 bits per heavy atom. The zero-order valence-electron chi connectivity index (χ0n) is 16.3. The zero-order chi connectivity index (χ0) is 21.7. The number of carbonyl (C=O) groups is 2. The van der Waals surface area contributed by atoms with Crippen molar-refractivity contribution in [1.82, 2.24) is 20.5 Å². The lowest BCUT2D eigenvalue weighted by molar-refractivity contribution is -0.137. The van der Waals surface area contributed by atoms with E-state index >= 15 is 0 Å². The average molecular weight is 450 g/mol. The topological polar surface area (TPSA) is 111 Å². The summed E-state index contributed by atoms with van der Waals surface area (Å²) >= 11 is 12.6. The highest BCUT2D eigenvalue weighted by atomic mass is 35.5. The van der Waals surface area contributed by atoms with Gasteiger partial charge in [-0.1, -0.05) is 29.3 Å². The minimum absolute atomic E-state index is 0.296. The summed E-state index contributed by atoms with van der Waals surface area (Å²) < 4.78 is 0. The number of carboxylic acids is 1. The molecule has 0 saturated carbocycles. The summed E-state index contributed by atoms with van der Waals surface area (Å²) in [6.07, 6.45) is 6.09. The fourth-order valence-electron chi connectivity index (χ4n) is 3.17. The SMILES string of the molecule is CC(=O)NCC(=O)O.Clc1ccc2c(-c3cn[nH]c3)cc(N3CCCC3)nc2c1Cl. The summed E-state index contributed by atoms with van der Waals surface area (Å²) in [6, 6.07) is 5.89. The van der Waals surface area contributed by atoms with E-state index in [1.807, 2.05) is 24.5 Å². The third-order valence-corrected chi connectivity index (χ3v) is 5.38. The van der Waals surface area contributed by atoms with Crippen LogP contribution in [0.2, 0.25) is 10.0 Å². The van der Waals surface area contributed by atoms with Crippen LogP contribution < -0.4 is 10.2 Å². The summed E-state index contributed by atoms with van der Waals surface area (Å²) in [5.41, 5.74) is 2.83.